The van der Waals surface area contributed by atoms with Gasteiger partial charge in [0.05, 0.1) is 9.82 Å². The highest BCUT2D eigenvalue weighted by molar-refractivity contribution is 7.99. The number of carbonyl (C=O) groups excluding carboxylic acids is 2. The topological polar surface area (TPSA) is 134 Å². The van der Waals surface area contributed by atoms with Gasteiger partial charge in [0.25, 0.3) is 5.69 Å². The van der Waals surface area contributed by atoms with E-state index in [2.05, 4.69) is 10.2 Å². The highest BCUT2D eigenvalue weighted by Crippen LogP contribution is 2.34. The van der Waals surface area contributed by atoms with Gasteiger partial charge in [-0.2, -0.15) is 0 Å². The summed E-state index contributed by atoms with van der Waals surface area (Å²) in [6.45, 7) is 1.35. The maximum Gasteiger partial charge on any atom is 0.284 e. The van der Waals surface area contributed by atoms with Gasteiger partial charge in [-0.05, 0) is 30.8 Å². The highest BCUT2D eigenvalue weighted by atomic mass is 32.2. The van der Waals surface area contributed by atoms with Crippen molar-refractivity contribution in [3.8, 4) is 0 Å². The molecule has 1 aromatic heterocycles. The van der Waals surface area contributed by atoms with Crippen LogP contribution >= 0.6 is 11.8 Å². The summed E-state index contributed by atoms with van der Waals surface area (Å²) in [7, 11) is 1.70. The molecule has 1 amide bonds. The van der Waals surface area contributed by atoms with Crippen molar-refractivity contribution in [1.82, 2.24) is 14.8 Å². The summed E-state index contributed by atoms with van der Waals surface area (Å²) in [5, 5.41) is 19.6. The van der Waals surface area contributed by atoms with Crippen molar-refractivity contribution in [2.45, 2.75) is 29.8 Å². The fourth-order valence-corrected chi connectivity index (χ4v) is 2.85. The van der Waals surface area contributed by atoms with Crippen molar-refractivity contribution < 1.29 is 14.5 Å². The van der Waals surface area contributed by atoms with Crippen LogP contribution in [0.5, 0.6) is 0 Å². The molecule has 10 heteroatoms. The summed E-state index contributed by atoms with van der Waals surface area (Å²) in [5.41, 5.74) is 5.21. The van der Waals surface area contributed by atoms with Crippen molar-refractivity contribution in [1.29, 1.82) is 0 Å². The summed E-state index contributed by atoms with van der Waals surface area (Å²) in [6.07, 6.45) is 0.481. The minimum absolute atomic E-state index is 0.143. The van der Waals surface area contributed by atoms with Gasteiger partial charge in [-0.1, -0.05) is 0 Å². The summed E-state index contributed by atoms with van der Waals surface area (Å²) < 4.78 is 1.65. The zero-order valence-corrected chi connectivity index (χ0v) is 13.9. The second-order valence-corrected chi connectivity index (χ2v) is 6.03. The van der Waals surface area contributed by atoms with Gasteiger partial charge in [0.2, 0.25) is 5.91 Å². The van der Waals surface area contributed by atoms with Crippen LogP contribution in [0.15, 0.2) is 28.3 Å². The Balaban J connectivity index is 2.29. The normalized spacial score (nSPS) is 10.6. The molecule has 2 N–H and O–H groups in total. The van der Waals surface area contributed by atoms with Crippen LogP contribution in [-0.2, 0) is 18.3 Å². The van der Waals surface area contributed by atoms with E-state index in [-0.39, 0.29) is 23.5 Å². The number of nitro groups is 1. The molecule has 2 rings (SSSR count). The van der Waals surface area contributed by atoms with Crippen LogP contribution < -0.4 is 5.73 Å². The minimum Gasteiger partial charge on any atom is -0.370 e. The second kappa shape index (κ2) is 7.21. The predicted octanol–water partition coefficient (Wildman–Crippen LogP) is 1.50. The predicted molar refractivity (Wildman–Crippen MR) is 85.7 cm³/mol. The van der Waals surface area contributed by atoms with E-state index in [1.165, 1.54) is 25.1 Å². The van der Waals surface area contributed by atoms with Gasteiger partial charge in [0.15, 0.2) is 10.9 Å². The Bertz CT molecular complexity index is 817. The molecule has 126 valence electrons. The van der Waals surface area contributed by atoms with E-state index in [1.807, 2.05) is 0 Å². The van der Waals surface area contributed by atoms with E-state index in [1.54, 1.807) is 11.6 Å². The smallest absolute Gasteiger partial charge is 0.284 e. The number of ketones is 1. The first-order chi connectivity index (χ1) is 11.3. The van der Waals surface area contributed by atoms with Crippen LogP contribution in [0.2, 0.25) is 0 Å². The van der Waals surface area contributed by atoms with E-state index >= 15 is 0 Å². The number of rotatable bonds is 7. The van der Waals surface area contributed by atoms with Crippen LogP contribution in [0.1, 0.15) is 29.5 Å². The first-order valence-corrected chi connectivity index (χ1v) is 7.75. The van der Waals surface area contributed by atoms with E-state index in [0.29, 0.717) is 22.3 Å². The van der Waals surface area contributed by atoms with Gasteiger partial charge < -0.3 is 10.3 Å². The molecule has 0 radical (unpaired) electrons. The van der Waals surface area contributed by atoms with Gasteiger partial charge in [-0.3, -0.25) is 19.7 Å². The van der Waals surface area contributed by atoms with E-state index < -0.39 is 10.8 Å². The molecule has 9 nitrogen and oxygen atoms in total. The molecular weight excluding hydrogens is 334 g/mol. The lowest BCUT2D eigenvalue weighted by Crippen LogP contribution is -2.12. The lowest BCUT2D eigenvalue weighted by atomic mass is 10.1. The number of nitrogens with zero attached hydrogens (tertiary/aromatic N) is 4. The number of amides is 1. The number of nitrogens with two attached hydrogens (primary N) is 1. The van der Waals surface area contributed by atoms with Gasteiger partial charge in [0.1, 0.15) is 5.82 Å². The third-order valence-corrected chi connectivity index (χ3v) is 4.39. The number of aryl methyl sites for hydroxylation is 1. The Kier molecular flexibility index (Phi) is 5.29. The van der Waals surface area contributed by atoms with Gasteiger partial charge in [-0.15, -0.1) is 10.2 Å². The summed E-state index contributed by atoms with van der Waals surface area (Å²) >= 11 is 1.06. The van der Waals surface area contributed by atoms with E-state index in [9.17, 15) is 19.7 Å². The number of carbonyl (C=O) groups is 2. The molecule has 0 atom stereocenters. The molecule has 0 bridgehead atoms. The van der Waals surface area contributed by atoms with Crippen LogP contribution in [0.3, 0.4) is 0 Å². The van der Waals surface area contributed by atoms with Crippen LogP contribution in [0.4, 0.5) is 5.69 Å². The number of hydrogen-bond donors (Lipinski definition) is 1. The number of hydrogen-bond acceptors (Lipinski definition) is 7. The largest absolute Gasteiger partial charge is 0.370 e. The second-order valence-electron chi connectivity index (χ2n) is 5.02. The monoisotopic (exact) mass is 349 g/mol. The molecule has 0 aliphatic heterocycles. The average Bonchev–Trinajstić information content (AvgIpc) is 2.85. The van der Waals surface area contributed by atoms with Gasteiger partial charge in [-0.25, -0.2) is 0 Å². The van der Waals surface area contributed by atoms with Crippen LogP contribution in [0, 0.1) is 10.1 Å². The molecule has 1 aromatic carbocycles. The molecule has 0 saturated carbocycles. The Hall–Kier alpha value is -2.75. The Morgan fingerprint density at radius 1 is 1.38 bits per heavy atom. The van der Waals surface area contributed by atoms with Crippen molar-refractivity contribution in [3.63, 3.8) is 0 Å². The Morgan fingerprint density at radius 2 is 2.08 bits per heavy atom. The molecule has 0 fully saturated rings. The molecule has 0 aliphatic carbocycles. The third-order valence-electron chi connectivity index (χ3n) is 3.28. The van der Waals surface area contributed by atoms with Crippen molar-refractivity contribution in [2.75, 3.05) is 0 Å². The molecule has 2 aromatic rings. The summed E-state index contributed by atoms with van der Waals surface area (Å²) in [6, 6.07) is 4.29. The maximum atomic E-state index is 11.4. The fourth-order valence-electron chi connectivity index (χ4n) is 1.95. The highest BCUT2D eigenvalue weighted by Gasteiger charge is 2.20. The van der Waals surface area contributed by atoms with Crippen molar-refractivity contribution in [3.05, 3.63) is 39.7 Å². The van der Waals surface area contributed by atoms with E-state index in [4.69, 9.17) is 5.73 Å². The minimum atomic E-state index is -0.543. The molecule has 24 heavy (non-hydrogen) atoms. The molecule has 0 saturated heterocycles. The molecule has 0 unspecified atom stereocenters. The third kappa shape index (κ3) is 3.96. The van der Waals surface area contributed by atoms with E-state index in [0.717, 1.165) is 11.8 Å². The maximum absolute atomic E-state index is 11.4. The number of benzene rings is 1. The lowest BCUT2D eigenvalue weighted by molar-refractivity contribution is -0.387. The zero-order valence-electron chi connectivity index (χ0n) is 13.1. The number of aromatic nitrogens is 3. The fraction of sp³-hybridized carbons (Fsp3) is 0.286. The van der Waals surface area contributed by atoms with Gasteiger partial charge in [0, 0.05) is 31.5 Å². The van der Waals surface area contributed by atoms with Crippen LogP contribution in [0.25, 0.3) is 0 Å². The SMILES string of the molecule is CC(=O)c1ccc(Sc2nnc(CCC(N)=O)n2C)c([N+](=O)[O-])c1. The molecule has 0 spiro atoms. The first kappa shape index (κ1) is 17.6. The Morgan fingerprint density at radius 3 is 2.67 bits per heavy atom. The Labute approximate surface area is 141 Å². The average molecular weight is 349 g/mol. The quantitative estimate of drug-likeness (QED) is 0.454. The molecular formula is C14H15N5O4S. The van der Waals surface area contributed by atoms with Crippen LogP contribution in [-0.4, -0.2) is 31.4 Å². The first-order valence-electron chi connectivity index (χ1n) is 6.93. The number of Topliss-reactive ketones (excluding diaryl/α,β-unsaturated/α-hetero) is 1. The summed E-state index contributed by atoms with van der Waals surface area (Å²) in [4.78, 5) is 33.3. The van der Waals surface area contributed by atoms with Crippen molar-refractivity contribution >= 4 is 29.1 Å². The lowest BCUT2D eigenvalue weighted by Gasteiger charge is -2.05. The molecule has 1 heterocycles. The number of primary amides is 1. The van der Waals surface area contributed by atoms with Crippen molar-refractivity contribution in [2.24, 2.45) is 12.8 Å². The zero-order chi connectivity index (χ0) is 17.9. The number of nitro benzene ring substituents is 1. The standard InChI is InChI=1S/C14H15N5O4S/c1-8(20)9-3-4-11(10(7-9)19(22)23)24-14-17-16-13(18(14)2)6-5-12(15)21/h3-4,7H,5-6H2,1-2H3,(H2,15,21). The summed E-state index contributed by atoms with van der Waals surface area (Å²) in [5.74, 6) is -0.135. The molecule has 0 aliphatic rings. The van der Waals surface area contributed by atoms with Gasteiger partial charge >= 0.3 is 0 Å².